The van der Waals surface area contributed by atoms with Gasteiger partial charge in [0.2, 0.25) is 5.91 Å². The number of likely N-dealkylation sites (N-methyl/N-ethyl adjacent to an activating group) is 1. The van der Waals surface area contributed by atoms with E-state index in [1.165, 1.54) is 24.3 Å². The molecule has 1 fully saturated rings. The summed E-state index contributed by atoms with van der Waals surface area (Å²) in [6.07, 6.45) is 0.142. The van der Waals surface area contributed by atoms with Crippen molar-refractivity contribution < 1.29 is 23.5 Å². The molecular weight excluding hydrogens is 413 g/mol. The van der Waals surface area contributed by atoms with Gasteiger partial charge in [-0.2, -0.15) is 0 Å². The maximum atomic E-state index is 13.1. The third-order valence-corrected chi connectivity index (χ3v) is 5.45. The highest BCUT2D eigenvalue weighted by Crippen LogP contribution is 2.25. The van der Waals surface area contributed by atoms with Crippen LogP contribution in [-0.4, -0.2) is 48.4 Å². The van der Waals surface area contributed by atoms with Crippen molar-refractivity contribution in [2.45, 2.75) is 39.3 Å². The Bertz CT molecular complexity index is 1010. The largest absolute Gasteiger partial charge is 0.481 e. The average Bonchev–Trinajstić information content (AvgIpc) is 3.06. The molecule has 3 rings (SSSR count). The number of nitrogens with zero attached hydrogens (tertiary/aromatic N) is 1. The minimum atomic E-state index is -0.783. The van der Waals surface area contributed by atoms with Crippen molar-refractivity contribution in [3.8, 4) is 5.75 Å². The minimum absolute atomic E-state index is 0.0447. The molecule has 0 bridgehead atoms. The second-order valence-corrected chi connectivity index (χ2v) is 8.32. The van der Waals surface area contributed by atoms with Crippen LogP contribution in [-0.2, 0) is 9.59 Å². The summed E-state index contributed by atoms with van der Waals surface area (Å²) in [6.45, 7) is 6.15. The van der Waals surface area contributed by atoms with E-state index in [4.69, 9.17) is 4.74 Å². The fourth-order valence-electron chi connectivity index (χ4n) is 3.48. The first-order valence-corrected chi connectivity index (χ1v) is 10.5. The SMILES string of the molecule is Cc1cc(OC2CCN(C)C2=O)ccc1NC(=O)C(NC(=O)c1ccc(F)cc1)C(C)C. The molecule has 2 aromatic rings. The molecule has 0 aromatic heterocycles. The number of benzene rings is 2. The van der Waals surface area contributed by atoms with Crippen LogP contribution in [0.15, 0.2) is 42.5 Å². The fourth-order valence-corrected chi connectivity index (χ4v) is 3.48. The van der Waals surface area contributed by atoms with Gasteiger partial charge in [0.1, 0.15) is 17.6 Å². The standard InChI is InChI=1S/C24H28FN3O4/c1-14(2)21(27-22(29)16-5-7-17(25)8-6-16)23(30)26-19-10-9-18(13-15(19)3)32-20-11-12-28(4)24(20)31/h5-10,13-14,20-21H,11-12H2,1-4H3,(H,26,30)(H,27,29). The van der Waals surface area contributed by atoms with E-state index in [0.29, 0.717) is 24.4 Å². The van der Waals surface area contributed by atoms with Gasteiger partial charge in [-0.25, -0.2) is 4.39 Å². The fraction of sp³-hybridized carbons (Fsp3) is 0.375. The summed E-state index contributed by atoms with van der Waals surface area (Å²) in [7, 11) is 1.75. The molecule has 7 nitrogen and oxygen atoms in total. The average molecular weight is 442 g/mol. The van der Waals surface area contributed by atoms with Crippen LogP contribution in [0.1, 0.15) is 36.2 Å². The monoisotopic (exact) mass is 441 g/mol. The zero-order chi connectivity index (χ0) is 23.4. The van der Waals surface area contributed by atoms with Gasteiger partial charge >= 0.3 is 0 Å². The Morgan fingerprint density at radius 3 is 2.41 bits per heavy atom. The first-order chi connectivity index (χ1) is 15.2. The van der Waals surface area contributed by atoms with Gasteiger partial charge in [-0.05, 0) is 60.9 Å². The third kappa shape index (κ3) is 5.43. The second kappa shape index (κ2) is 9.80. The van der Waals surface area contributed by atoms with Gasteiger partial charge in [-0.1, -0.05) is 13.8 Å². The van der Waals surface area contributed by atoms with Gasteiger partial charge in [0.15, 0.2) is 6.10 Å². The zero-order valence-corrected chi connectivity index (χ0v) is 18.6. The van der Waals surface area contributed by atoms with Crippen molar-refractivity contribution in [1.29, 1.82) is 0 Å². The van der Waals surface area contributed by atoms with E-state index in [1.807, 2.05) is 20.8 Å². The molecule has 170 valence electrons. The summed E-state index contributed by atoms with van der Waals surface area (Å²) in [5.74, 6) is -0.916. The lowest BCUT2D eigenvalue weighted by molar-refractivity contribution is -0.132. The minimum Gasteiger partial charge on any atom is -0.481 e. The van der Waals surface area contributed by atoms with E-state index in [1.54, 1.807) is 30.1 Å². The van der Waals surface area contributed by atoms with E-state index in [2.05, 4.69) is 10.6 Å². The Kier molecular flexibility index (Phi) is 7.12. The smallest absolute Gasteiger partial charge is 0.263 e. The van der Waals surface area contributed by atoms with Gasteiger partial charge in [0, 0.05) is 31.3 Å². The molecule has 2 atom stereocenters. The van der Waals surface area contributed by atoms with Crippen molar-refractivity contribution in [3.63, 3.8) is 0 Å². The van der Waals surface area contributed by atoms with Crippen molar-refractivity contribution in [1.82, 2.24) is 10.2 Å². The third-order valence-electron chi connectivity index (χ3n) is 5.45. The molecular formula is C24H28FN3O4. The number of hydrogen-bond acceptors (Lipinski definition) is 4. The van der Waals surface area contributed by atoms with E-state index >= 15 is 0 Å². The van der Waals surface area contributed by atoms with Crippen LogP contribution in [0.5, 0.6) is 5.75 Å². The number of nitrogens with one attached hydrogen (secondary N) is 2. The number of anilines is 1. The number of ether oxygens (including phenoxy) is 1. The predicted octanol–water partition coefficient (Wildman–Crippen LogP) is 3.14. The number of aryl methyl sites for hydroxylation is 1. The van der Waals surface area contributed by atoms with Crippen LogP contribution >= 0.6 is 0 Å². The lowest BCUT2D eigenvalue weighted by Crippen LogP contribution is -2.47. The van der Waals surface area contributed by atoms with Gasteiger partial charge in [-0.15, -0.1) is 0 Å². The molecule has 2 unspecified atom stereocenters. The summed E-state index contributed by atoms with van der Waals surface area (Å²) in [4.78, 5) is 39.1. The van der Waals surface area contributed by atoms with E-state index < -0.39 is 23.9 Å². The van der Waals surface area contributed by atoms with Crippen molar-refractivity contribution in [2.75, 3.05) is 18.9 Å². The lowest BCUT2D eigenvalue weighted by atomic mass is 10.0. The number of carbonyl (C=O) groups is 3. The molecule has 1 heterocycles. The molecule has 2 N–H and O–H groups in total. The van der Waals surface area contributed by atoms with Crippen LogP contribution in [0.25, 0.3) is 0 Å². The Morgan fingerprint density at radius 2 is 1.84 bits per heavy atom. The number of carbonyl (C=O) groups excluding carboxylic acids is 3. The molecule has 2 aromatic carbocycles. The van der Waals surface area contributed by atoms with Crippen molar-refractivity contribution in [3.05, 3.63) is 59.4 Å². The normalized spacial score (nSPS) is 16.8. The van der Waals surface area contributed by atoms with Crippen LogP contribution < -0.4 is 15.4 Å². The second-order valence-electron chi connectivity index (χ2n) is 8.32. The maximum absolute atomic E-state index is 13.1. The van der Waals surface area contributed by atoms with Crippen molar-refractivity contribution in [2.24, 2.45) is 5.92 Å². The topological polar surface area (TPSA) is 87.7 Å². The summed E-state index contributed by atoms with van der Waals surface area (Å²) in [6, 6.07) is 9.54. The zero-order valence-electron chi connectivity index (χ0n) is 18.6. The van der Waals surface area contributed by atoms with Crippen LogP contribution in [0.4, 0.5) is 10.1 Å². The molecule has 1 aliphatic rings. The molecule has 3 amide bonds. The number of likely N-dealkylation sites (tertiary alicyclic amines) is 1. The van der Waals surface area contributed by atoms with E-state index in [-0.39, 0.29) is 23.3 Å². The Morgan fingerprint density at radius 1 is 1.16 bits per heavy atom. The Labute approximate surface area is 186 Å². The molecule has 0 aliphatic carbocycles. The van der Waals surface area contributed by atoms with Crippen LogP contribution in [0.2, 0.25) is 0 Å². The molecule has 0 spiro atoms. The highest BCUT2D eigenvalue weighted by molar-refractivity contribution is 6.01. The van der Waals surface area contributed by atoms with Gasteiger partial charge in [0.05, 0.1) is 0 Å². The van der Waals surface area contributed by atoms with Crippen LogP contribution in [0.3, 0.4) is 0 Å². The number of halogens is 1. The molecule has 0 saturated carbocycles. The summed E-state index contributed by atoms with van der Waals surface area (Å²) < 4.78 is 18.9. The quantitative estimate of drug-likeness (QED) is 0.691. The highest BCUT2D eigenvalue weighted by atomic mass is 19.1. The summed E-state index contributed by atoms with van der Waals surface area (Å²) in [5.41, 5.74) is 1.62. The number of rotatable bonds is 7. The Hall–Kier alpha value is -3.42. The van der Waals surface area contributed by atoms with E-state index in [9.17, 15) is 18.8 Å². The summed E-state index contributed by atoms with van der Waals surface area (Å²) in [5, 5.41) is 5.57. The molecule has 0 radical (unpaired) electrons. The lowest BCUT2D eigenvalue weighted by Gasteiger charge is -2.22. The molecule has 8 heteroatoms. The first kappa shape index (κ1) is 23.2. The molecule has 1 aliphatic heterocycles. The van der Waals surface area contributed by atoms with Gasteiger partial charge in [0.25, 0.3) is 11.8 Å². The molecule has 1 saturated heterocycles. The van der Waals surface area contributed by atoms with E-state index in [0.717, 1.165) is 5.56 Å². The summed E-state index contributed by atoms with van der Waals surface area (Å²) >= 11 is 0. The Balaban J connectivity index is 1.66. The highest BCUT2D eigenvalue weighted by Gasteiger charge is 2.31. The van der Waals surface area contributed by atoms with Gasteiger partial charge < -0.3 is 20.3 Å². The predicted molar refractivity (Wildman–Crippen MR) is 119 cm³/mol. The number of hydrogen-bond donors (Lipinski definition) is 2. The van der Waals surface area contributed by atoms with Crippen molar-refractivity contribution >= 4 is 23.4 Å². The number of amides is 3. The van der Waals surface area contributed by atoms with Gasteiger partial charge in [-0.3, -0.25) is 14.4 Å². The van der Waals surface area contributed by atoms with Crippen LogP contribution in [0, 0.1) is 18.7 Å². The molecule has 32 heavy (non-hydrogen) atoms. The maximum Gasteiger partial charge on any atom is 0.263 e. The first-order valence-electron chi connectivity index (χ1n) is 10.5.